The summed E-state index contributed by atoms with van der Waals surface area (Å²) in [7, 11) is 0. The van der Waals surface area contributed by atoms with Gasteiger partial charge in [0.25, 0.3) is 0 Å². The van der Waals surface area contributed by atoms with Crippen molar-refractivity contribution in [2.24, 2.45) is 10.8 Å². The lowest BCUT2D eigenvalue weighted by molar-refractivity contribution is -0.143. The Labute approximate surface area is 160 Å². The Kier molecular flexibility index (Phi) is 7.32. The minimum absolute atomic E-state index is 0.345. The molecule has 1 fully saturated rings. The van der Waals surface area contributed by atoms with E-state index < -0.39 is 5.97 Å². The number of rotatable bonds is 11. The second-order valence-corrected chi connectivity index (χ2v) is 9.69. The summed E-state index contributed by atoms with van der Waals surface area (Å²) in [6.45, 7) is 9.15. The number of hydrogen-bond acceptors (Lipinski definition) is 1. The quantitative estimate of drug-likeness (QED) is 0.446. The van der Waals surface area contributed by atoms with E-state index in [2.05, 4.69) is 45.9 Å². The van der Waals surface area contributed by atoms with Gasteiger partial charge in [0.05, 0.1) is 5.41 Å². The van der Waals surface area contributed by atoms with E-state index in [1.54, 1.807) is 0 Å². The first-order valence-corrected chi connectivity index (χ1v) is 10.5. The summed E-state index contributed by atoms with van der Waals surface area (Å²) in [5.41, 5.74) is 4.48. The van der Waals surface area contributed by atoms with Gasteiger partial charge in [-0.3, -0.25) is 4.79 Å². The van der Waals surface area contributed by atoms with Crippen LogP contribution in [0.15, 0.2) is 18.2 Å². The largest absolute Gasteiger partial charge is 0.481 e. The number of carbonyl (C=O) groups is 1. The zero-order chi connectivity index (χ0) is 19.2. The van der Waals surface area contributed by atoms with Gasteiger partial charge in [0.15, 0.2) is 0 Å². The molecule has 2 heteroatoms. The number of benzene rings is 1. The summed E-state index contributed by atoms with van der Waals surface area (Å²) in [4.78, 5) is 11.2. The van der Waals surface area contributed by atoms with Crippen molar-refractivity contribution in [2.75, 3.05) is 0 Å². The van der Waals surface area contributed by atoms with Crippen molar-refractivity contribution in [1.82, 2.24) is 0 Å². The molecule has 0 aromatic heterocycles. The van der Waals surface area contributed by atoms with Crippen molar-refractivity contribution < 1.29 is 9.90 Å². The van der Waals surface area contributed by atoms with Gasteiger partial charge in [0, 0.05) is 0 Å². The molecule has 146 valence electrons. The molecule has 1 aliphatic rings. The maximum atomic E-state index is 11.2. The number of carboxylic acid groups (broad SMARTS) is 1. The van der Waals surface area contributed by atoms with E-state index in [0.29, 0.717) is 5.41 Å². The molecule has 0 aliphatic heterocycles. The molecule has 26 heavy (non-hydrogen) atoms. The fourth-order valence-electron chi connectivity index (χ4n) is 3.88. The first kappa shape index (κ1) is 21.0. The minimum Gasteiger partial charge on any atom is -0.481 e. The van der Waals surface area contributed by atoms with E-state index in [0.717, 1.165) is 38.5 Å². The molecule has 2 nitrogen and oxygen atoms in total. The zero-order valence-corrected chi connectivity index (χ0v) is 17.4. The standard InChI is InChI=1S/C24H38O2/c1-19-12-13-20(21(18-19)11-7-9-14-23(2,3)4)10-6-5-8-15-24(16-17-24)22(25)26/h12-13,18H,5-11,14-17H2,1-4H3,(H,25,26). The van der Waals surface area contributed by atoms with Gasteiger partial charge in [-0.05, 0) is 74.8 Å². The molecule has 0 radical (unpaired) electrons. The van der Waals surface area contributed by atoms with Crippen molar-refractivity contribution >= 4 is 5.97 Å². The van der Waals surface area contributed by atoms with Crippen molar-refractivity contribution in [3.05, 3.63) is 34.9 Å². The minimum atomic E-state index is -0.575. The maximum absolute atomic E-state index is 11.2. The molecule has 0 spiro atoms. The summed E-state index contributed by atoms with van der Waals surface area (Å²) < 4.78 is 0. The molecular formula is C24H38O2. The van der Waals surface area contributed by atoms with Gasteiger partial charge in [-0.25, -0.2) is 0 Å². The third-order valence-electron chi connectivity index (χ3n) is 5.89. The lowest BCUT2D eigenvalue weighted by Gasteiger charge is -2.18. The topological polar surface area (TPSA) is 37.3 Å². The van der Waals surface area contributed by atoms with Gasteiger partial charge >= 0.3 is 5.97 Å². The Morgan fingerprint density at radius 1 is 1.00 bits per heavy atom. The van der Waals surface area contributed by atoms with Crippen LogP contribution in [0.1, 0.15) is 95.2 Å². The fourth-order valence-corrected chi connectivity index (χ4v) is 3.88. The van der Waals surface area contributed by atoms with Crippen LogP contribution in [-0.4, -0.2) is 11.1 Å². The maximum Gasteiger partial charge on any atom is 0.309 e. The number of aliphatic carboxylic acids is 1. The highest BCUT2D eigenvalue weighted by Crippen LogP contribution is 2.50. The van der Waals surface area contributed by atoms with Crippen molar-refractivity contribution in [3.63, 3.8) is 0 Å². The van der Waals surface area contributed by atoms with Gasteiger partial charge in [-0.2, -0.15) is 0 Å². The van der Waals surface area contributed by atoms with Crippen LogP contribution in [0, 0.1) is 17.8 Å². The average Bonchev–Trinajstić information content (AvgIpc) is 3.33. The molecule has 0 bridgehead atoms. The summed E-state index contributed by atoms with van der Waals surface area (Å²) >= 11 is 0. The van der Waals surface area contributed by atoms with Gasteiger partial charge in [0.2, 0.25) is 0 Å². The third-order valence-corrected chi connectivity index (χ3v) is 5.89. The highest BCUT2D eigenvalue weighted by atomic mass is 16.4. The van der Waals surface area contributed by atoms with E-state index in [-0.39, 0.29) is 5.41 Å². The van der Waals surface area contributed by atoms with Gasteiger partial charge < -0.3 is 5.11 Å². The molecule has 0 atom stereocenters. The van der Waals surface area contributed by atoms with Crippen LogP contribution in [0.5, 0.6) is 0 Å². The third kappa shape index (κ3) is 6.78. The van der Waals surface area contributed by atoms with Gasteiger partial charge in [-0.1, -0.05) is 63.8 Å². The molecule has 0 unspecified atom stereocenters. The second-order valence-electron chi connectivity index (χ2n) is 9.69. The first-order chi connectivity index (χ1) is 12.2. The predicted octanol–water partition coefficient (Wildman–Crippen LogP) is 6.72. The molecule has 2 rings (SSSR count). The molecule has 0 heterocycles. The Balaban J connectivity index is 1.75. The van der Waals surface area contributed by atoms with Crippen molar-refractivity contribution in [1.29, 1.82) is 0 Å². The number of hydrogen-bond donors (Lipinski definition) is 1. The van der Waals surface area contributed by atoms with Gasteiger partial charge in [-0.15, -0.1) is 0 Å². The Morgan fingerprint density at radius 3 is 2.27 bits per heavy atom. The number of carboxylic acids is 1. The molecule has 1 aromatic rings. The molecule has 1 saturated carbocycles. The Bertz CT molecular complexity index is 591. The van der Waals surface area contributed by atoms with Crippen LogP contribution in [-0.2, 0) is 17.6 Å². The number of unbranched alkanes of at least 4 members (excludes halogenated alkanes) is 3. The van der Waals surface area contributed by atoms with Crippen LogP contribution in [0.4, 0.5) is 0 Å². The highest BCUT2D eigenvalue weighted by Gasteiger charge is 2.49. The molecule has 1 aromatic carbocycles. The van der Waals surface area contributed by atoms with Crippen molar-refractivity contribution in [3.8, 4) is 0 Å². The monoisotopic (exact) mass is 358 g/mol. The molecule has 0 amide bonds. The Hall–Kier alpha value is -1.31. The van der Waals surface area contributed by atoms with E-state index in [1.165, 1.54) is 48.8 Å². The van der Waals surface area contributed by atoms with Crippen LogP contribution in [0.2, 0.25) is 0 Å². The van der Waals surface area contributed by atoms with E-state index >= 15 is 0 Å². The van der Waals surface area contributed by atoms with E-state index in [1.807, 2.05) is 0 Å². The molecular weight excluding hydrogens is 320 g/mol. The van der Waals surface area contributed by atoms with E-state index in [4.69, 9.17) is 0 Å². The SMILES string of the molecule is Cc1ccc(CCCCCC2(C(=O)O)CC2)c(CCCCC(C)(C)C)c1. The van der Waals surface area contributed by atoms with Crippen LogP contribution in [0.25, 0.3) is 0 Å². The lowest BCUT2D eigenvalue weighted by Crippen LogP contribution is -2.14. The first-order valence-electron chi connectivity index (χ1n) is 10.5. The predicted molar refractivity (Wildman–Crippen MR) is 110 cm³/mol. The van der Waals surface area contributed by atoms with Crippen molar-refractivity contribution in [2.45, 2.75) is 98.3 Å². The fraction of sp³-hybridized carbons (Fsp3) is 0.708. The summed E-state index contributed by atoms with van der Waals surface area (Å²) in [6.07, 6.45) is 12.2. The van der Waals surface area contributed by atoms with Crippen LogP contribution >= 0.6 is 0 Å². The highest BCUT2D eigenvalue weighted by molar-refractivity contribution is 5.77. The smallest absolute Gasteiger partial charge is 0.309 e. The second kappa shape index (κ2) is 9.06. The summed E-state index contributed by atoms with van der Waals surface area (Å²) in [5.74, 6) is -0.575. The van der Waals surface area contributed by atoms with Crippen LogP contribution in [0.3, 0.4) is 0 Å². The summed E-state index contributed by atoms with van der Waals surface area (Å²) in [5, 5.41) is 9.25. The molecule has 1 N–H and O–H groups in total. The average molecular weight is 359 g/mol. The Morgan fingerprint density at radius 2 is 1.65 bits per heavy atom. The lowest BCUT2D eigenvalue weighted by atomic mass is 9.88. The zero-order valence-electron chi connectivity index (χ0n) is 17.4. The van der Waals surface area contributed by atoms with E-state index in [9.17, 15) is 9.90 Å². The number of aryl methyl sites for hydroxylation is 3. The molecule has 1 aliphatic carbocycles. The van der Waals surface area contributed by atoms with Crippen LogP contribution < -0.4 is 0 Å². The normalized spacial score (nSPS) is 15.8. The van der Waals surface area contributed by atoms with Gasteiger partial charge in [0.1, 0.15) is 0 Å². The summed E-state index contributed by atoms with van der Waals surface area (Å²) in [6, 6.07) is 6.92. The molecule has 0 saturated heterocycles.